The Morgan fingerprint density at radius 3 is 2.60 bits per heavy atom. The third-order valence-electron chi connectivity index (χ3n) is 0.164. The topological polar surface area (TPSA) is 55.1 Å². The molecule has 0 unspecified atom stereocenters. The van der Waals surface area contributed by atoms with E-state index < -0.39 is 0 Å². The summed E-state index contributed by atoms with van der Waals surface area (Å²) in [6.07, 6.45) is 0.569. The van der Waals surface area contributed by atoms with Gasteiger partial charge in [0.2, 0.25) is 0 Å². The van der Waals surface area contributed by atoms with Gasteiger partial charge in [-0.2, -0.15) is 0 Å². The molecule has 0 spiro atoms. The monoisotopic (exact) mass is 71.0 g/mol. The molecule has 5 heavy (non-hydrogen) atoms. The van der Waals surface area contributed by atoms with E-state index in [9.17, 15) is 4.79 Å². The minimum Gasteiger partial charge on any atom is -0.313 e. The lowest BCUT2D eigenvalue weighted by molar-refractivity contribution is 0.568. The highest BCUT2D eigenvalue weighted by molar-refractivity contribution is 6.64. The molecule has 0 aromatic rings. The largest absolute Gasteiger partial charge is 0.313 e. The summed E-state index contributed by atoms with van der Waals surface area (Å²) in [6, 6.07) is 0. The molecule has 0 aromatic carbocycles. The van der Waals surface area contributed by atoms with E-state index in [1.54, 1.807) is 0 Å². The fourth-order valence-electron chi connectivity index (χ4n) is 0.0393. The third kappa shape index (κ3) is 3.65. The zero-order chi connectivity index (χ0) is 4.12. The van der Waals surface area contributed by atoms with E-state index in [0.717, 1.165) is 7.41 Å². The van der Waals surface area contributed by atoms with Gasteiger partial charge in [-0.1, -0.05) is 0 Å². The molecule has 0 amide bonds. The van der Waals surface area contributed by atoms with Crippen LogP contribution in [0.3, 0.4) is 0 Å². The van der Waals surface area contributed by atoms with E-state index in [4.69, 9.17) is 0 Å². The Kier molecular flexibility index (Phi) is 3.40. The number of carbonyl (C=O) groups excluding carboxylic acids is 1. The lowest BCUT2D eigenvalue weighted by atomic mass is 10.0. The molecule has 0 atom stereocenters. The standard InChI is InChI=1S/CH4BN2O/c3-4-2-1-5/h1,4H,3H2. The molecule has 0 aliphatic heterocycles. The van der Waals surface area contributed by atoms with Crippen LogP contribution in [0.4, 0.5) is 0 Å². The highest BCUT2D eigenvalue weighted by Crippen LogP contribution is 1.21. The van der Waals surface area contributed by atoms with Gasteiger partial charge in [0.15, 0.2) is 0 Å². The summed E-state index contributed by atoms with van der Waals surface area (Å²) < 4.78 is 0. The van der Waals surface area contributed by atoms with Gasteiger partial charge in [0.1, 0.15) is 0 Å². The SMILES string of the molecule is NN[B]C=O. The molecule has 4 heteroatoms. The maximum absolute atomic E-state index is 9.21. The number of hydrogen-bond acceptors (Lipinski definition) is 3. The Balaban J connectivity index is 2.40. The van der Waals surface area contributed by atoms with Crippen LogP contribution in [0.25, 0.3) is 0 Å². The molecule has 0 aliphatic rings. The summed E-state index contributed by atoms with van der Waals surface area (Å²) in [6.45, 7) is 0. The highest BCUT2D eigenvalue weighted by Gasteiger charge is 1.71. The minimum atomic E-state index is 0.569. The average Bonchev–Trinajstić information content (AvgIpc) is 1.41. The van der Waals surface area contributed by atoms with Crippen LogP contribution in [0.1, 0.15) is 0 Å². The van der Waals surface area contributed by atoms with Crippen LogP contribution in [-0.4, -0.2) is 13.6 Å². The Hall–Kier alpha value is -0.345. The van der Waals surface area contributed by atoms with Gasteiger partial charge in [-0.25, -0.2) is 0 Å². The molecule has 27 valence electrons. The molecule has 0 aliphatic carbocycles. The van der Waals surface area contributed by atoms with Gasteiger partial charge in [0.25, 0.3) is 0 Å². The van der Waals surface area contributed by atoms with Crippen LogP contribution < -0.4 is 11.2 Å². The van der Waals surface area contributed by atoms with Crippen molar-refractivity contribution in [3.63, 3.8) is 0 Å². The van der Waals surface area contributed by atoms with Crippen LogP contribution in [0.5, 0.6) is 0 Å². The van der Waals surface area contributed by atoms with Gasteiger partial charge in [-0.05, 0) is 0 Å². The minimum absolute atomic E-state index is 0.569. The van der Waals surface area contributed by atoms with Crippen molar-refractivity contribution in [2.45, 2.75) is 0 Å². The van der Waals surface area contributed by atoms with Crippen molar-refractivity contribution < 1.29 is 4.79 Å². The molecule has 0 bridgehead atoms. The molecule has 0 fully saturated rings. The molecule has 3 nitrogen and oxygen atoms in total. The van der Waals surface area contributed by atoms with Gasteiger partial charge >= 0.3 is 7.41 Å². The maximum Gasteiger partial charge on any atom is 0.306 e. The smallest absolute Gasteiger partial charge is 0.306 e. The first-order valence-electron chi connectivity index (χ1n) is 1.15. The fraction of sp³-hybridized carbons (Fsp3) is 0. The molecule has 1 radical (unpaired) electrons. The summed E-state index contributed by atoms with van der Waals surface area (Å²) in [7, 11) is 1.10. The third-order valence-corrected chi connectivity index (χ3v) is 0.164. The second-order valence-corrected chi connectivity index (χ2v) is 0.469. The van der Waals surface area contributed by atoms with E-state index in [2.05, 4.69) is 5.84 Å². The second-order valence-electron chi connectivity index (χ2n) is 0.469. The van der Waals surface area contributed by atoms with Gasteiger partial charge in [0, 0.05) is 0 Å². The fourth-order valence-corrected chi connectivity index (χ4v) is 0.0393. The van der Waals surface area contributed by atoms with Crippen molar-refractivity contribution >= 4 is 13.6 Å². The number of hydrogen-bond donors (Lipinski definition) is 2. The van der Waals surface area contributed by atoms with Crippen LogP contribution >= 0.6 is 0 Å². The highest BCUT2D eigenvalue weighted by atomic mass is 16.1. The Morgan fingerprint density at radius 1 is 2.00 bits per heavy atom. The predicted molar refractivity (Wildman–Crippen MR) is 19.8 cm³/mol. The summed E-state index contributed by atoms with van der Waals surface area (Å²) in [5, 5.41) is 2.02. The molecule has 0 heterocycles. The van der Waals surface area contributed by atoms with Gasteiger partial charge in [-0.3, -0.25) is 11.2 Å². The molecule has 0 aromatic heterocycles. The van der Waals surface area contributed by atoms with E-state index in [0.29, 0.717) is 6.19 Å². The van der Waals surface area contributed by atoms with Gasteiger partial charge in [-0.15, -0.1) is 0 Å². The van der Waals surface area contributed by atoms with Crippen molar-refractivity contribution in [3.8, 4) is 0 Å². The zero-order valence-corrected chi connectivity index (χ0v) is 2.64. The first kappa shape index (κ1) is 4.65. The maximum atomic E-state index is 9.21. The van der Waals surface area contributed by atoms with Crippen molar-refractivity contribution in [1.82, 2.24) is 5.34 Å². The zero-order valence-electron chi connectivity index (χ0n) is 2.64. The quantitative estimate of drug-likeness (QED) is 0.176. The Bertz CT molecular complexity index is 30.8. The van der Waals surface area contributed by atoms with E-state index in [-0.39, 0.29) is 0 Å². The summed E-state index contributed by atoms with van der Waals surface area (Å²) >= 11 is 0. The van der Waals surface area contributed by atoms with Crippen molar-refractivity contribution in [2.24, 2.45) is 5.84 Å². The predicted octanol–water partition coefficient (Wildman–Crippen LogP) is -1.74. The number of nitrogens with one attached hydrogen (secondary N) is 1. The van der Waals surface area contributed by atoms with E-state index >= 15 is 0 Å². The van der Waals surface area contributed by atoms with Crippen LogP contribution in [-0.2, 0) is 4.79 Å². The lowest BCUT2D eigenvalue weighted by Gasteiger charge is -1.73. The van der Waals surface area contributed by atoms with Crippen LogP contribution in [0.15, 0.2) is 0 Å². The van der Waals surface area contributed by atoms with Crippen molar-refractivity contribution in [1.29, 1.82) is 0 Å². The van der Waals surface area contributed by atoms with Crippen LogP contribution in [0.2, 0.25) is 0 Å². The number of rotatable bonds is 2. The average molecular weight is 70.9 g/mol. The molecular weight excluding hydrogens is 66.8 g/mol. The second kappa shape index (κ2) is 3.65. The van der Waals surface area contributed by atoms with Gasteiger partial charge < -0.3 is 4.79 Å². The number of carbonyl (C=O) groups is 1. The summed E-state index contributed by atoms with van der Waals surface area (Å²) in [4.78, 5) is 9.21. The van der Waals surface area contributed by atoms with Crippen molar-refractivity contribution in [3.05, 3.63) is 0 Å². The molecular formula is CH4BN2O. The molecule has 3 N–H and O–H groups in total. The normalized spacial score (nSPS) is 6.60. The van der Waals surface area contributed by atoms with Crippen LogP contribution in [0, 0.1) is 0 Å². The first-order chi connectivity index (χ1) is 2.41. The summed E-state index contributed by atoms with van der Waals surface area (Å²) in [5.41, 5.74) is 0. The van der Waals surface area contributed by atoms with Gasteiger partial charge in [0.05, 0.1) is 6.19 Å². The lowest BCUT2D eigenvalue weighted by Crippen LogP contribution is -2.27. The number of hydrazine groups is 1. The van der Waals surface area contributed by atoms with E-state index in [1.165, 1.54) is 0 Å². The van der Waals surface area contributed by atoms with E-state index in [1.807, 2.05) is 5.34 Å². The molecule has 0 rings (SSSR count). The molecule has 0 saturated carbocycles. The van der Waals surface area contributed by atoms with Crippen molar-refractivity contribution in [2.75, 3.05) is 0 Å². The first-order valence-corrected chi connectivity index (χ1v) is 1.15. The Labute approximate surface area is 30.8 Å². The summed E-state index contributed by atoms with van der Waals surface area (Å²) in [5.74, 6) is 4.60. The Morgan fingerprint density at radius 2 is 2.60 bits per heavy atom. The number of nitrogens with two attached hydrogens (primary N) is 1. The molecule has 0 saturated heterocycles.